The molecule has 0 saturated carbocycles. The SMILES string of the molecule is O=CCC=Cc1c(Cl)ccnc1Cl. The molecule has 2 nitrogen and oxygen atoms in total. The van der Waals surface area contributed by atoms with Crippen molar-refractivity contribution in [3.63, 3.8) is 0 Å². The van der Waals surface area contributed by atoms with E-state index in [9.17, 15) is 4.79 Å². The molecule has 4 heteroatoms. The van der Waals surface area contributed by atoms with Crippen molar-refractivity contribution in [3.8, 4) is 0 Å². The van der Waals surface area contributed by atoms with Gasteiger partial charge >= 0.3 is 0 Å². The van der Waals surface area contributed by atoms with Crippen molar-refractivity contribution in [3.05, 3.63) is 34.1 Å². The minimum Gasteiger partial charge on any atom is -0.303 e. The van der Waals surface area contributed by atoms with Crippen LogP contribution >= 0.6 is 23.2 Å². The third kappa shape index (κ3) is 2.83. The smallest absolute Gasteiger partial charge is 0.137 e. The molecule has 0 aliphatic carbocycles. The lowest BCUT2D eigenvalue weighted by Crippen LogP contribution is -1.81. The van der Waals surface area contributed by atoms with E-state index in [0.717, 1.165) is 6.29 Å². The number of allylic oxidation sites excluding steroid dienone is 1. The number of carbonyl (C=O) groups is 1. The summed E-state index contributed by atoms with van der Waals surface area (Å²) in [5.74, 6) is 0. The van der Waals surface area contributed by atoms with Gasteiger partial charge in [0.05, 0.1) is 5.02 Å². The van der Waals surface area contributed by atoms with Crippen LogP contribution in [-0.2, 0) is 4.79 Å². The molecule has 1 aromatic heterocycles. The number of pyridine rings is 1. The molecular weight excluding hydrogens is 209 g/mol. The second-order valence-electron chi connectivity index (χ2n) is 2.30. The number of nitrogens with zero attached hydrogens (tertiary/aromatic N) is 1. The van der Waals surface area contributed by atoms with Crippen LogP contribution in [0.5, 0.6) is 0 Å². The molecule has 0 unspecified atom stereocenters. The molecular formula is C9H7Cl2NO. The molecule has 1 heterocycles. The van der Waals surface area contributed by atoms with Crippen molar-refractivity contribution in [1.29, 1.82) is 0 Å². The summed E-state index contributed by atoms with van der Waals surface area (Å²) in [5, 5.41) is 0.872. The van der Waals surface area contributed by atoms with E-state index >= 15 is 0 Å². The summed E-state index contributed by atoms with van der Waals surface area (Å²) in [7, 11) is 0. The van der Waals surface area contributed by atoms with Gasteiger partial charge in [-0.1, -0.05) is 35.4 Å². The molecule has 68 valence electrons. The summed E-state index contributed by atoms with van der Waals surface area (Å²) in [5.41, 5.74) is 0.646. The number of carbonyl (C=O) groups excluding carboxylic acids is 1. The van der Waals surface area contributed by atoms with E-state index < -0.39 is 0 Å². The zero-order valence-electron chi connectivity index (χ0n) is 6.71. The van der Waals surface area contributed by atoms with Crippen molar-refractivity contribution in [1.82, 2.24) is 4.98 Å². The lowest BCUT2D eigenvalue weighted by Gasteiger charge is -1.98. The zero-order chi connectivity index (χ0) is 9.68. The van der Waals surface area contributed by atoms with Crippen LogP contribution in [0, 0.1) is 0 Å². The second-order valence-corrected chi connectivity index (χ2v) is 3.07. The van der Waals surface area contributed by atoms with Crippen LogP contribution in [0.15, 0.2) is 18.3 Å². The number of rotatable bonds is 3. The molecule has 0 aliphatic heterocycles. The number of aromatic nitrogens is 1. The second kappa shape index (κ2) is 5.00. The minimum absolute atomic E-state index is 0.342. The summed E-state index contributed by atoms with van der Waals surface area (Å²) in [6, 6.07) is 1.65. The highest BCUT2D eigenvalue weighted by atomic mass is 35.5. The number of hydrogen-bond acceptors (Lipinski definition) is 2. The lowest BCUT2D eigenvalue weighted by molar-refractivity contribution is -0.107. The molecule has 13 heavy (non-hydrogen) atoms. The molecule has 0 fully saturated rings. The molecule has 0 amide bonds. The first-order chi connectivity index (χ1) is 6.25. The van der Waals surface area contributed by atoms with Gasteiger partial charge in [0.2, 0.25) is 0 Å². The zero-order valence-corrected chi connectivity index (χ0v) is 8.22. The Kier molecular flexibility index (Phi) is 3.93. The lowest BCUT2D eigenvalue weighted by atomic mass is 10.2. The summed E-state index contributed by atoms with van der Waals surface area (Å²) in [6.45, 7) is 0. The van der Waals surface area contributed by atoms with Gasteiger partial charge in [-0.25, -0.2) is 4.98 Å². The van der Waals surface area contributed by atoms with Crippen LogP contribution in [0.4, 0.5) is 0 Å². The summed E-state index contributed by atoms with van der Waals surface area (Å²) < 4.78 is 0. The van der Waals surface area contributed by atoms with Crippen LogP contribution < -0.4 is 0 Å². The van der Waals surface area contributed by atoms with Gasteiger partial charge in [-0.3, -0.25) is 0 Å². The van der Waals surface area contributed by atoms with Crippen LogP contribution in [0.2, 0.25) is 10.2 Å². The van der Waals surface area contributed by atoms with E-state index in [-0.39, 0.29) is 0 Å². The fourth-order valence-corrected chi connectivity index (χ4v) is 1.29. The Hall–Kier alpha value is -0.860. The summed E-state index contributed by atoms with van der Waals surface area (Å²) in [6.07, 6.45) is 6.05. The van der Waals surface area contributed by atoms with Gasteiger partial charge in [-0.2, -0.15) is 0 Å². The van der Waals surface area contributed by atoms with E-state index in [2.05, 4.69) is 4.98 Å². The normalized spacial score (nSPS) is 10.6. The van der Waals surface area contributed by atoms with Crippen molar-refractivity contribution in [2.45, 2.75) is 6.42 Å². The van der Waals surface area contributed by atoms with Crippen LogP contribution in [0.25, 0.3) is 6.08 Å². The van der Waals surface area contributed by atoms with Crippen molar-refractivity contribution >= 4 is 35.6 Å². The molecule has 1 rings (SSSR count). The Morgan fingerprint density at radius 2 is 2.23 bits per heavy atom. The van der Waals surface area contributed by atoms with Crippen molar-refractivity contribution < 1.29 is 4.79 Å². The van der Waals surface area contributed by atoms with E-state index in [0.29, 0.717) is 22.2 Å². The van der Waals surface area contributed by atoms with Crippen LogP contribution in [-0.4, -0.2) is 11.3 Å². The molecule has 0 radical (unpaired) electrons. The first-order valence-electron chi connectivity index (χ1n) is 3.66. The first-order valence-corrected chi connectivity index (χ1v) is 4.41. The van der Waals surface area contributed by atoms with Crippen LogP contribution in [0.3, 0.4) is 0 Å². The average molecular weight is 216 g/mol. The first kappa shape index (κ1) is 10.2. The topological polar surface area (TPSA) is 30.0 Å². The standard InChI is InChI=1S/C9H7Cl2NO/c10-8-4-5-12-9(11)7(8)3-1-2-6-13/h1,3-6H,2H2. The van der Waals surface area contributed by atoms with E-state index in [1.165, 1.54) is 6.20 Å². The van der Waals surface area contributed by atoms with Gasteiger partial charge in [0.1, 0.15) is 11.4 Å². The maximum Gasteiger partial charge on any atom is 0.137 e. The highest BCUT2D eigenvalue weighted by Crippen LogP contribution is 2.23. The fourth-order valence-electron chi connectivity index (χ4n) is 0.816. The summed E-state index contributed by atoms with van der Waals surface area (Å²) in [4.78, 5) is 13.9. The number of aldehydes is 1. The monoisotopic (exact) mass is 215 g/mol. The van der Waals surface area contributed by atoms with Gasteiger partial charge in [-0.05, 0) is 6.07 Å². The van der Waals surface area contributed by atoms with Crippen molar-refractivity contribution in [2.24, 2.45) is 0 Å². The van der Waals surface area contributed by atoms with Gasteiger partial charge in [0.25, 0.3) is 0 Å². The van der Waals surface area contributed by atoms with Gasteiger partial charge in [0, 0.05) is 18.2 Å². The molecule has 0 bridgehead atoms. The predicted molar refractivity (Wildman–Crippen MR) is 54.0 cm³/mol. The summed E-state index contributed by atoms with van der Waals surface area (Å²) >= 11 is 11.6. The number of hydrogen-bond donors (Lipinski definition) is 0. The quantitative estimate of drug-likeness (QED) is 0.574. The van der Waals surface area contributed by atoms with E-state index in [1.54, 1.807) is 18.2 Å². The maximum atomic E-state index is 10.0. The van der Waals surface area contributed by atoms with E-state index in [4.69, 9.17) is 23.2 Å². The van der Waals surface area contributed by atoms with Crippen LogP contribution in [0.1, 0.15) is 12.0 Å². The Morgan fingerprint density at radius 1 is 1.46 bits per heavy atom. The highest BCUT2D eigenvalue weighted by molar-refractivity contribution is 6.36. The highest BCUT2D eigenvalue weighted by Gasteiger charge is 2.01. The molecule has 0 N–H and O–H groups in total. The van der Waals surface area contributed by atoms with Gasteiger partial charge in [0.15, 0.2) is 0 Å². The molecule has 0 saturated heterocycles. The van der Waals surface area contributed by atoms with Gasteiger partial charge in [-0.15, -0.1) is 0 Å². The Morgan fingerprint density at radius 3 is 2.85 bits per heavy atom. The minimum atomic E-state index is 0.342. The third-order valence-electron chi connectivity index (χ3n) is 1.41. The molecule has 0 atom stereocenters. The molecule has 0 aromatic carbocycles. The molecule has 0 aliphatic rings. The van der Waals surface area contributed by atoms with Crippen molar-refractivity contribution in [2.75, 3.05) is 0 Å². The molecule has 1 aromatic rings. The number of halogens is 2. The predicted octanol–water partition coefficient (Wildman–Crippen LogP) is 2.99. The third-order valence-corrected chi connectivity index (χ3v) is 2.04. The largest absolute Gasteiger partial charge is 0.303 e. The Labute approximate surface area is 86.2 Å². The Bertz CT molecular complexity index is 316. The fraction of sp³-hybridized carbons (Fsp3) is 0.111. The maximum absolute atomic E-state index is 10.0. The average Bonchev–Trinajstić information content (AvgIpc) is 2.10. The molecule has 0 spiro atoms. The van der Waals surface area contributed by atoms with E-state index in [1.807, 2.05) is 0 Å². The Balaban J connectivity index is 2.92. The van der Waals surface area contributed by atoms with Gasteiger partial charge < -0.3 is 4.79 Å².